The summed E-state index contributed by atoms with van der Waals surface area (Å²) in [4.78, 5) is 49.0. The molecule has 6 rings (SSSR count). The number of sulfonamides is 1. The lowest BCUT2D eigenvalue weighted by Gasteiger charge is -2.26. The molecule has 3 aromatic rings. The molecule has 1 aliphatic heterocycles. The highest BCUT2D eigenvalue weighted by Crippen LogP contribution is 2.45. The van der Waals surface area contributed by atoms with Gasteiger partial charge in [0.2, 0.25) is 21.8 Å². The predicted molar refractivity (Wildman–Crippen MR) is 180 cm³/mol. The summed E-state index contributed by atoms with van der Waals surface area (Å²) < 4.78 is 32.6. The lowest BCUT2D eigenvalue weighted by molar-refractivity contribution is -0.139. The molecule has 12 nitrogen and oxygen atoms in total. The maximum absolute atomic E-state index is 13.9. The van der Waals surface area contributed by atoms with Crippen LogP contribution in [0.3, 0.4) is 0 Å². The Bertz CT molecular complexity index is 1860. The largest absolute Gasteiger partial charge is 0.508 e. The van der Waals surface area contributed by atoms with Crippen molar-refractivity contribution in [2.24, 2.45) is 11.1 Å². The van der Waals surface area contributed by atoms with E-state index in [1.165, 1.54) is 17.0 Å². The summed E-state index contributed by atoms with van der Waals surface area (Å²) in [5.74, 6) is -1.80. The summed E-state index contributed by atoms with van der Waals surface area (Å²) in [6.07, 6.45) is 3.37. The molecule has 2 aliphatic carbocycles. The zero-order chi connectivity index (χ0) is 34.1. The Morgan fingerprint density at radius 1 is 1.17 bits per heavy atom. The van der Waals surface area contributed by atoms with Crippen LogP contribution < -0.4 is 14.8 Å². The van der Waals surface area contributed by atoms with Crippen LogP contribution in [-0.2, 0) is 35.7 Å². The van der Waals surface area contributed by atoms with Crippen molar-refractivity contribution in [2.75, 3.05) is 13.7 Å². The number of hydrogen-bond acceptors (Lipinski definition) is 10. The lowest BCUT2D eigenvalue weighted by Crippen LogP contribution is -2.56. The summed E-state index contributed by atoms with van der Waals surface area (Å²) in [6, 6.07) is 14.9. The van der Waals surface area contributed by atoms with Gasteiger partial charge in [0.15, 0.2) is 0 Å². The van der Waals surface area contributed by atoms with E-state index in [1.54, 1.807) is 42.9 Å². The number of para-hydroxylation sites is 1. The van der Waals surface area contributed by atoms with Gasteiger partial charge in [-0.05, 0) is 55.0 Å². The number of hydrogen-bond donors (Lipinski definition) is 3. The van der Waals surface area contributed by atoms with Gasteiger partial charge >= 0.3 is 0 Å². The molecule has 252 valence electrons. The molecule has 1 saturated heterocycles. The van der Waals surface area contributed by atoms with Gasteiger partial charge in [-0.3, -0.25) is 19.1 Å². The summed E-state index contributed by atoms with van der Waals surface area (Å²) >= 11 is 1.57. The van der Waals surface area contributed by atoms with Crippen LogP contribution >= 0.6 is 11.3 Å². The quantitative estimate of drug-likeness (QED) is 0.140. The van der Waals surface area contributed by atoms with E-state index in [-0.39, 0.29) is 31.6 Å². The second kappa shape index (κ2) is 13.4. The fraction of sp³-hybridized carbons (Fsp3) is 0.353. The Labute approximate surface area is 282 Å². The molecule has 14 heteroatoms. The van der Waals surface area contributed by atoms with Gasteiger partial charge in [0.05, 0.1) is 31.5 Å². The molecule has 0 spiro atoms. The first-order valence-electron chi connectivity index (χ1n) is 15.5. The van der Waals surface area contributed by atoms with Crippen LogP contribution in [0.1, 0.15) is 36.8 Å². The van der Waals surface area contributed by atoms with Gasteiger partial charge in [-0.15, -0.1) is 17.9 Å². The second-order valence-corrected chi connectivity index (χ2v) is 15.1. The molecule has 3 N–H and O–H groups in total. The van der Waals surface area contributed by atoms with Gasteiger partial charge in [-0.1, -0.05) is 35.5 Å². The van der Waals surface area contributed by atoms with Crippen molar-refractivity contribution in [3.63, 3.8) is 0 Å². The van der Waals surface area contributed by atoms with Gasteiger partial charge in [0.25, 0.3) is 5.91 Å². The molecule has 1 aromatic heterocycles. The Hall–Kier alpha value is -4.69. The van der Waals surface area contributed by atoms with Crippen LogP contribution in [-0.4, -0.2) is 78.9 Å². The molecule has 2 aromatic carbocycles. The number of ether oxygens (including phenoxy) is 1. The highest BCUT2D eigenvalue weighted by atomic mass is 32.2. The number of nitrogens with zero attached hydrogens (tertiary/aromatic N) is 2. The van der Waals surface area contributed by atoms with Gasteiger partial charge in [0.1, 0.15) is 29.2 Å². The Balaban J connectivity index is 1.21. The highest BCUT2D eigenvalue weighted by Gasteiger charge is 2.62. The monoisotopic (exact) mass is 692 g/mol. The summed E-state index contributed by atoms with van der Waals surface area (Å²) in [6.45, 7) is 3.75. The van der Waals surface area contributed by atoms with E-state index in [0.29, 0.717) is 24.2 Å². The number of carbonyl (C=O) groups excluding carboxylic acids is 3. The van der Waals surface area contributed by atoms with Crippen molar-refractivity contribution in [2.45, 2.75) is 55.0 Å². The molecular formula is C34H36N4O8S2. The van der Waals surface area contributed by atoms with E-state index in [4.69, 9.17) is 9.57 Å². The number of thiophene rings is 1. The van der Waals surface area contributed by atoms with Gasteiger partial charge in [-0.2, -0.15) is 0 Å². The predicted octanol–water partition coefficient (Wildman–Crippen LogP) is 3.36. The number of oxime groups is 1. The first-order chi connectivity index (χ1) is 23.0. The zero-order valence-electron chi connectivity index (χ0n) is 26.2. The average molecular weight is 693 g/mol. The minimum atomic E-state index is -3.86. The number of phenols is 1. The number of rotatable bonds is 13. The van der Waals surface area contributed by atoms with E-state index < -0.39 is 56.6 Å². The number of aromatic hydroxyl groups is 1. The third-order valence-corrected chi connectivity index (χ3v) is 11.6. The van der Waals surface area contributed by atoms with Crippen LogP contribution in [0.5, 0.6) is 11.5 Å². The van der Waals surface area contributed by atoms with Gasteiger partial charge in [-0.25, -0.2) is 8.42 Å². The molecule has 2 heterocycles. The first kappa shape index (κ1) is 33.2. The SMILES string of the molecule is C=C[C@@H]1C[C@@]1(NC(=O)C1CC(O/N=C/c2cc(OC)ccc2-c2cccs2)CN1C(=O)Cc1ccccc1O)C(=O)NS(=O)(=O)C1CC1. The fourth-order valence-electron chi connectivity index (χ4n) is 5.95. The Morgan fingerprint density at radius 3 is 2.62 bits per heavy atom. The molecule has 3 fully saturated rings. The number of phenolic OH excluding ortho intramolecular Hbond substituents is 1. The standard InChI is InChI=1S/C34H36N4O8S2/c1-3-23-18-34(23,33(42)37-48(43,44)26-11-12-26)36-32(41)28-17-25(20-38(28)31(40)16-21-7-4-5-8-29(21)39)46-35-19-22-15-24(45-2)10-13-27(22)30-9-6-14-47-30/h3-10,13-15,19,23,25-26,28,39H,1,11-12,16-18,20H2,2H3,(H,36,41)(H,37,42)/b35-19+/t23-,25?,28?,34+/m1/s1. The van der Waals surface area contributed by atoms with Crippen LogP contribution in [0.25, 0.3) is 10.4 Å². The van der Waals surface area contributed by atoms with E-state index in [2.05, 4.69) is 21.8 Å². The number of likely N-dealkylation sites (tertiary alicyclic amines) is 1. The molecule has 48 heavy (non-hydrogen) atoms. The first-order valence-corrected chi connectivity index (χ1v) is 18.0. The molecule has 2 unspecified atom stereocenters. The van der Waals surface area contributed by atoms with Crippen molar-refractivity contribution >= 4 is 45.3 Å². The zero-order valence-corrected chi connectivity index (χ0v) is 27.8. The summed E-state index contributed by atoms with van der Waals surface area (Å²) in [5.41, 5.74) is 0.553. The van der Waals surface area contributed by atoms with Gasteiger partial charge < -0.3 is 24.9 Å². The van der Waals surface area contributed by atoms with E-state index in [9.17, 15) is 27.9 Å². The third-order valence-electron chi connectivity index (χ3n) is 8.91. The fourth-order valence-corrected chi connectivity index (χ4v) is 8.08. The van der Waals surface area contributed by atoms with Crippen molar-refractivity contribution in [3.05, 3.63) is 83.8 Å². The van der Waals surface area contributed by atoms with Crippen molar-refractivity contribution in [3.8, 4) is 21.9 Å². The maximum atomic E-state index is 13.9. The minimum absolute atomic E-state index is 0.0118. The summed E-state index contributed by atoms with van der Waals surface area (Å²) in [5, 5.41) is 18.6. The molecule has 4 atom stereocenters. The minimum Gasteiger partial charge on any atom is -0.508 e. The van der Waals surface area contributed by atoms with Crippen LogP contribution in [0.15, 0.2) is 77.8 Å². The van der Waals surface area contributed by atoms with Crippen LogP contribution in [0.2, 0.25) is 0 Å². The second-order valence-electron chi connectivity index (χ2n) is 12.2. The molecule has 2 saturated carbocycles. The van der Waals surface area contributed by atoms with E-state index in [1.807, 2.05) is 35.7 Å². The summed E-state index contributed by atoms with van der Waals surface area (Å²) in [7, 11) is -2.29. The number of carbonyl (C=O) groups is 3. The highest BCUT2D eigenvalue weighted by molar-refractivity contribution is 7.91. The normalized spacial score (nSPS) is 23.4. The molecular weight excluding hydrogens is 657 g/mol. The van der Waals surface area contributed by atoms with Crippen molar-refractivity contribution < 1.29 is 37.5 Å². The van der Waals surface area contributed by atoms with Crippen LogP contribution in [0.4, 0.5) is 0 Å². The Morgan fingerprint density at radius 2 is 1.96 bits per heavy atom. The lowest BCUT2D eigenvalue weighted by atomic mass is 10.1. The molecule has 0 bridgehead atoms. The maximum Gasteiger partial charge on any atom is 0.259 e. The Kier molecular flexibility index (Phi) is 9.30. The van der Waals surface area contributed by atoms with E-state index in [0.717, 1.165) is 16.0 Å². The number of amides is 3. The smallest absolute Gasteiger partial charge is 0.259 e. The average Bonchev–Trinajstić information content (AvgIpc) is 3.94. The number of nitrogens with one attached hydrogen (secondary N) is 2. The topological polar surface area (TPSA) is 164 Å². The number of benzene rings is 2. The number of methoxy groups -OCH3 is 1. The molecule has 0 radical (unpaired) electrons. The van der Waals surface area contributed by atoms with Gasteiger partial charge in [0, 0.05) is 33.9 Å². The molecule has 3 amide bonds. The van der Waals surface area contributed by atoms with E-state index >= 15 is 0 Å². The molecule has 3 aliphatic rings. The van der Waals surface area contributed by atoms with Crippen LogP contribution in [0, 0.1) is 5.92 Å². The van der Waals surface area contributed by atoms with Crippen molar-refractivity contribution in [1.82, 2.24) is 14.9 Å². The van der Waals surface area contributed by atoms with Crippen molar-refractivity contribution in [1.29, 1.82) is 0 Å². The third kappa shape index (κ3) is 6.95.